The monoisotopic (exact) mass is 352 g/mol. The molecule has 1 aliphatic rings. The number of rotatable bonds is 5. The summed E-state index contributed by atoms with van der Waals surface area (Å²) in [5, 5.41) is 2.93. The SMILES string of the molecule is COc1ccc(CNC(=O)C2CC(=O)N(c3ccc(C)c(C)c3)C2)cc1. The van der Waals surface area contributed by atoms with Crippen molar-refractivity contribution >= 4 is 17.5 Å². The maximum Gasteiger partial charge on any atom is 0.227 e. The average Bonchev–Trinajstić information content (AvgIpc) is 3.04. The predicted molar refractivity (Wildman–Crippen MR) is 101 cm³/mol. The first-order valence-corrected chi connectivity index (χ1v) is 8.76. The second-order valence-corrected chi connectivity index (χ2v) is 6.74. The Labute approximate surface area is 154 Å². The molecular formula is C21H24N2O3. The molecule has 5 nitrogen and oxygen atoms in total. The third kappa shape index (κ3) is 3.87. The first-order chi connectivity index (χ1) is 12.5. The van der Waals surface area contributed by atoms with Crippen molar-refractivity contribution in [2.45, 2.75) is 26.8 Å². The summed E-state index contributed by atoms with van der Waals surface area (Å²) in [4.78, 5) is 26.5. The molecule has 0 saturated carbocycles. The van der Waals surface area contributed by atoms with Gasteiger partial charge in [0.1, 0.15) is 5.75 Å². The Balaban J connectivity index is 1.60. The zero-order chi connectivity index (χ0) is 18.7. The summed E-state index contributed by atoms with van der Waals surface area (Å²) < 4.78 is 5.13. The van der Waals surface area contributed by atoms with Crippen molar-refractivity contribution < 1.29 is 14.3 Å². The predicted octanol–water partition coefficient (Wildman–Crippen LogP) is 2.98. The average molecular weight is 352 g/mol. The molecule has 1 aliphatic heterocycles. The molecule has 2 aromatic rings. The van der Waals surface area contributed by atoms with E-state index in [-0.39, 0.29) is 24.2 Å². The number of nitrogens with one attached hydrogen (secondary N) is 1. The van der Waals surface area contributed by atoms with Crippen molar-refractivity contribution in [3.8, 4) is 5.75 Å². The summed E-state index contributed by atoms with van der Waals surface area (Å²) in [6, 6.07) is 13.5. The summed E-state index contributed by atoms with van der Waals surface area (Å²) in [5.74, 6) is 0.381. The van der Waals surface area contributed by atoms with Gasteiger partial charge in [0.05, 0.1) is 13.0 Å². The number of ether oxygens (including phenoxy) is 1. The van der Waals surface area contributed by atoms with E-state index in [1.165, 1.54) is 5.56 Å². The van der Waals surface area contributed by atoms with Crippen LogP contribution in [0, 0.1) is 19.8 Å². The molecule has 1 saturated heterocycles. The van der Waals surface area contributed by atoms with Crippen molar-refractivity contribution in [2.75, 3.05) is 18.6 Å². The van der Waals surface area contributed by atoms with Crippen LogP contribution >= 0.6 is 0 Å². The van der Waals surface area contributed by atoms with Gasteiger partial charge in [-0.05, 0) is 54.8 Å². The molecule has 2 aromatic carbocycles. The van der Waals surface area contributed by atoms with Crippen LogP contribution in [0.1, 0.15) is 23.1 Å². The maximum absolute atomic E-state index is 12.5. The Morgan fingerprint density at radius 1 is 1.15 bits per heavy atom. The second kappa shape index (κ2) is 7.60. The van der Waals surface area contributed by atoms with E-state index in [1.54, 1.807) is 12.0 Å². The van der Waals surface area contributed by atoms with Crippen molar-refractivity contribution in [3.63, 3.8) is 0 Å². The van der Waals surface area contributed by atoms with Crippen molar-refractivity contribution in [1.82, 2.24) is 5.32 Å². The zero-order valence-corrected chi connectivity index (χ0v) is 15.4. The molecular weight excluding hydrogens is 328 g/mol. The molecule has 2 amide bonds. The Kier molecular flexibility index (Phi) is 5.26. The molecule has 1 N–H and O–H groups in total. The maximum atomic E-state index is 12.5. The fourth-order valence-electron chi connectivity index (χ4n) is 3.10. The minimum atomic E-state index is -0.317. The van der Waals surface area contributed by atoms with Gasteiger partial charge in [0.15, 0.2) is 0 Å². The van der Waals surface area contributed by atoms with Gasteiger partial charge in [-0.3, -0.25) is 9.59 Å². The van der Waals surface area contributed by atoms with E-state index in [4.69, 9.17) is 4.74 Å². The van der Waals surface area contributed by atoms with Crippen molar-refractivity contribution in [3.05, 3.63) is 59.2 Å². The molecule has 136 valence electrons. The summed E-state index contributed by atoms with van der Waals surface area (Å²) in [6.45, 7) is 4.94. The Morgan fingerprint density at radius 3 is 2.54 bits per heavy atom. The summed E-state index contributed by atoms with van der Waals surface area (Å²) >= 11 is 0. The van der Waals surface area contributed by atoms with E-state index in [1.807, 2.05) is 56.3 Å². The molecule has 0 radical (unpaired) electrons. The lowest BCUT2D eigenvalue weighted by atomic mass is 10.1. The van der Waals surface area contributed by atoms with E-state index in [0.29, 0.717) is 13.1 Å². The fourth-order valence-corrected chi connectivity index (χ4v) is 3.10. The van der Waals surface area contributed by atoms with Gasteiger partial charge in [0.2, 0.25) is 11.8 Å². The van der Waals surface area contributed by atoms with Crippen LogP contribution in [-0.4, -0.2) is 25.5 Å². The molecule has 0 spiro atoms. The normalized spacial score (nSPS) is 16.7. The highest BCUT2D eigenvalue weighted by atomic mass is 16.5. The number of methoxy groups -OCH3 is 1. The van der Waals surface area contributed by atoms with E-state index in [2.05, 4.69) is 5.32 Å². The Morgan fingerprint density at radius 2 is 1.88 bits per heavy atom. The van der Waals surface area contributed by atoms with Gasteiger partial charge in [0.25, 0.3) is 0 Å². The van der Waals surface area contributed by atoms with E-state index in [0.717, 1.165) is 22.6 Å². The van der Waals surface area contributed by atoms with Gasteiger partial charge >= 0.3 is 0 Å². The number of carbonyl (C=O) groups excluding carboxylic acids is 2. The Bertz CT molecular complexity index is 815. The van der Waals surface area contributed by atoms with Crippen molar-refractivity contribution in [1.29, 1.82) is 0 Å². The first-order valence-electron chi connectivity index (χ1n) is 8.76. The number of nitrogens with zero attached hydrogens (tertiary/aromatic N) is 1. The highest BCUT2D eigenvalue weighted by Crippen LogP contribution is 2.27. The van der Waals surface area contributed by atoms with Crippen LogP contribution in [0.2, 0.25) is 0 Å². The van der Waals surface area contributed by atoms with Crippen molar-refractivity contribution in [2.24, 2.45) is 5.92 Å². The van der Waals surface area contributed by atoms with Gasteiger partial charge in [-0.2, -0.15) is 0 Å². The number of carbonyl (C=O) groups is 2. The molecule has 3 rings (SSSR count). The van der Waals surface area contributed by atoms with Gasteiger partial charge < -0.3 is 15.0 Å². The molecule has 1 atom stereocenters. The van der Waals surface area contributed by atoms with Crippen LogP contribution in [-0.2, 0) is 16.1 Å². The summed E-state index contributed by atoms with van der Waals surface area (Å²) in [7, 11) is 1.62. The standard InChI is InChI=1S/C21H24N2O3/c1-14-4-7-18(10-15(14)2)23-13-17(11-20(23)24)21(25)22-12-16-5-8-19(26-3)9-6-16/h4-10,17H,11-13H2,1-3H3,(H,22,25). The van der Waals surface area contributed by atoms with E-state index < -0.39 is 0 Å². The number of anilines is 1. The van der Waals surface area contributed by atoms with Gasteiger partial charge in [-0.15, -0.1) is 0 Å². The molecule has 0 aliphatic carbocycles. The number of hydrogen-bond acceptors (Lipinski definition) is 3. The van der Waals surface area contributed by atoms with Crippen LogP contribution in [0.25, 0.3) is 0 Å². The molecule has 5 heteroatoms. The van der Waals surface area contributed by atoms with Crippen LogP contribution in [0.5, 0.6) is 5.75 Å². The third-order valence-electron chi connectivity index (χ3n) is 4.92. The number of aryl methyl sites for hydroxylation is 2. The largest absolute Gasteiger partial charge is 0.497 e. The highest BCUT2D eigenvalue weighted by molar-refractivity contribution is 6.00. The lowest BCUT2D eigenvalue weighted by Crippen LogP contribution is -2.32. The van der Waals surface area contributed by atoms with E-state index in [9.17, 15) is 9.59 Å². The molecule has 1 unspecified atom stereocenters. The summed E-state index contributed by atoms with van der Waals surface area (Å²) in [6.07, 6.45) is 0.251. The molecule has 1 fully saturated rings. The quantitative estimate of drug-likeness (QED) is 0.900. The molecule has 0 aromatic heterocycles. The minimum Gasteiger partial charge on any atom is -0.497 e. The lowest BCUT2D eigenvalue weighted by molar-refractivity contribution is -0.126. The number of hydrogen-bond donors (Lipinski definition) is 1. The van der Waals surface area contributed by atoms with Gasteiger partial charge in [-0.25, -0.2) is 0 Å². The second-order valence-electron chi connectivity index (χ2n) is 6.74. The fraction of sp³-hybridized carbons (Fsp3) is 0.333. The van der Waals surface area contributed by atoms with E-state index >= 15 is 0 Å². The minimum absolute atomic E-state index is 0.00199. The topological polar surface area (TPSA) is 58.6 Å². The van der Waals surface area contributed by atoms with Gasteiger partial charge in [-0.1, -0.05) is 18.2 Å². The Hall–Kier alpha value is -2.82. The lowest BCUT2D eigenvalue weighted by Gasteiger charge is -2.18. The molecule has 1 heterocycles. The smallest absolute Gasteiger partial charge is 0.227 e. The number of amides is 2. The first kappa shape index (κ1) is 18.0. The third-order valence-corrected chi connectivity index (χ3v) is 4.92. The number of benzene rings is 2. The molecule has 26 heavy (non-hydrogen) atoms. The van der Waals surface area contributed by atoms with Crippen LogP contribution in [0.3, 0.4) is 0 Å². The van der Waals surface area contributed by atoms with Crippen LogP contribution < -0.4 is 15.0 Å². The zero-order valence-electron chi connectivity index (χ0n) is 15.4. The van der Waals surface area contributed by atoms with Crippen LogP contribution in [0.15, 0.2) is 42.5 Å². The van der Waals surface area contributed by atoms with Gasteiger partial charge in [0, 0.05) is 25.2 Å². The highest BCUT2D eigenvalue weighted by Gasteiger charge is 2.35. The molecule has 0 bridgehead atoms. The van der Waals surface area contributed by atoms with Crippen LogP contribution in [0.4, 0.5) is 5.69 Å². The summed E-state index contributed by atoms with van der Waals surface area (Å²) in [5.41, 5.74) is 4.19.